The van der Waals surface area contributed by atoms with Gasteiger partial charge in [0.1, 0.15) is 5.82 Å². The molecule has 0 aromatic heterocycles. The van der Waals surface area contributed by atoms with Crippen LogP contribution in [-0.2, 0) is 0 Å². The summed E-state index contributed by atoms with van der Waals surface area (Å²) in [6, 6.07) is 2.09. The smallest absolute Gasteiger partial charge is 0.172 e. The number of hydrogen-bond donors (Lipinski definition) is 1. The highest BCUT2D eigenvalue weighted by Crippen LogP contribution is 2.27. The van der Waals surface area contributed by atoms with Crippen LogP contribution in [0.3, 0.4) is 0 Å². The third-order valence-electron chi connectivity index (χ3n) is 2.18. The van der Waals surface area contributed by atoms with E-state index in [-0.39, 0.29) is 17.4 Å². The SMILES string of the molecule is CN[C@H](C)c1c(F)ccc(OC)c1F. The first kappa shape index (κ1) is 10.9. The molecule has 0 radical (unpaired) electrons. The second kappa shape index (κ2) is 4.37. The first-order valence-electron chi connectivity index (χ1n) is 4.31. The lowest BCUT2D eigenvalue weighted by molar-refractivity contribution is 0.376. The van der Waals surface area contributed by atoms with Crippen LogP contribution in [0.25, 0.3) is 0 Å². The van der Waals surface area contributed by atoms with E-state index < -0.39 is 11.6 Å². The maximum absolute atomic E-state index is 13.6. The lowest BCUT2D eigenvalue weighted by atomic mass is 10.1. The van der Waals surface area contributed by atoms with E-state index >= 15 is 0 Å². The van der Waals surface area contributed by atoms with Crippen LogP contribution < -0.4 is 10.1 Å². The summed E-state index contributed by atoms with van der Waals surface area (Å²) >= 11 is 0. The van der Waals surface area contributed by atoms with Crippen LogP contribution >= 0.6 is 0 Å². The first-order valence-corrected chi connectivity index (χ1v) is 4.31. The van der Waals surface area contributed by atoms with Crippen molar-refractivity contribution >= 4 is 0 Å². The molecule has 4 heteroatoms. The van der Waals surface area contributed by atoms with Gasteiger partial charge in [0.05, 0.1) is 7.11 Å². The standard InChI is InChI=1S/C10H13F2NO/c1-6(13-2)9-7(11)4-5-8(14-3)10(9)12/h4-6,13H,1-3H3/t6-/m1/s1. The molecule has 0 bridgehead atoms. The fourth-order valence-corrected chi connectivity index (χ4v) is 1.25. The molecule has 14 heavy (non-hydrogen) atoms. The van der Waals surface area contributed by atoms with Crippen LogP contribution in [0.5, 0.6) is 5.75 Å². The number of benzene rings is 1. The molecule has 0 fully saturated rings. The quantitative estimate of drug-likeness (QED) is 0.809. The van der Waals surface area contributed by atoms with Gasteiger partial charge in [-0.1, -0.05) is 0 Å². The van der Waals surface area contributed by atoms with Crippen LogP contribution in [-0.4, -0.2) is 14.2 Å². The minimum absolute atomic E-state index is 0.00634. The predicted octanol–water partition coefficient (Wildman–Crippen LogP) is 2.25. The molecular formula is C10H13F2NO. The number of hydrogen-bond acceptors (Lipinski definition) is 2. The lowest BCUT2D eigenvalue weighted by Gasteiger charge is -2.14. The van der Waals surface area contributed by atoms with Crippen molar-refractivity contribution in [3.05, 3.63) is 29.3 Å². The summed E-state index contributed by atoms with van der Waals surface area (Å²) in [5.74, 6) is -1.15. The van der Waals surface area contributed by atoms with Crippen molar-refractivity contribution in [3.8, 4) is 5.75 Å². The van der Waals surface area contributed by atoms with Gasteiger partial charge in [-0.15, -0.1) is 0 Å². The van der Waals surface area contributed by atoms with Crippen molar-refractivity contribution in [3.63, 3.8) is 0 Å². The van der Waals surface area contributed by atoms with Gasteiger partial charge >= 0.3 is 0 Å². The summed E-state index contributed by atoms with van der Waals surface area (Å²) in [5, 5.41) is 2.78. The highest BCUT2D eigenvalue weighted by Gasteiger charge is 2.18. The van der Waals surface area contributed by atoms with E-state index in [1.165, 1.54) is 19.2 Å². The van der Waals surface area contributed by atoms with Gasteiger partial charge in [0.2, 0.25) is 0 Å². The molecule has 0 aliphatic heterocycles. The Morgan fingerprint density at radius 1 is 1.36 bits per heavy atom. The zero-order valence-electron chi connectivity index (χ0n) is 8.40. The van der Waals surface area contributed by atoms with E-state index in [9.17, 15) is 8.78 Å². The van der Waals surface area contributed by atoms with Gasteiger partial charge in [0, 0.05) is 11.6 Å². The van der Waals surface area contributed by atoms with Crippen molar-refractivity contribution in [2.45, 2.75) is 13.0 Å². The zero-order chi connectivity index (χ0) is 10.7. The molecule has 0 spiro atoms. The fourth-order valence-electron chi connectivity index (χ4n) is 1.25. The molecule has 1 rings (SSSR count). The Hall–Kier alpha value is -1.16. The summed E-state index contributed by atoms with van der Waals surface area (Å²) in [6.45, 7) is 1.68. The van der Waals surface area contributed by atoms with Crippen molar-refractivity contribution in [1.82, 2.24) is 5.32 Å². The Morgan fingerprint density at radius 3 is 2.50 bits per heavy atom. The van der Waals surface area contributed by atoms with E-state index in [1.807, 2.05) is 0 Å². The van der Waals surface area contributed by atoms with E-state index in [1.54, 1.807) is 14.0 Å². The first-order chi connectivity index (χ1) is 6.61. The maximum atomic E-state index is 13.6. The summed E-state index contributed by atoms with van der Waals surface area (Å²) in [4.78, 5) is 0. The van der Waals surface area contributed by atoms with E-state index in [0.29, 0.717) is 0 Å². The number of nitrogens with one attached hydrogen (secondary N) is 1. The Bertz CT molecular complexity index is 328. The van der Waals surface area contributed by atoms with Gasteiger partial charge in [0.15, 0.2) is 11.6 Å². The van der Waals surface area contributed by atoms with E-state index in [4.69, 9.17) is 4.74 Å². The molecule has 0 saturated carbocycles. The van der Waals surface area contributed by atoms with Crippen molar-refractivity contribution in [2.75, 3.05) is 14.2 Å². The molecular weight excluding hydrogens is 188 g/mol. The van der Waals surface area contributed by atoms with Crippen LogP contribution in [0, 0.1) is 11.6 Å². The van der Waals surface area contributed by atoms with E-state index in [2.05, 4.69) is 5.32 Å². The molecule has 0 aliphatic carbocycles. The number of ether oxygens (including phenoxy) is 1. The number of halogens is 2. The van der Waals surface area contributed by atoms with Crippen LogP contribution in [0.1, 0.15) is 18.5 Å². The van der Waals surface area contributed by atoms with Crippen LogP contribution in [0.2, 0.25) is 0 Å². The van der Waals surface area contributed by atoms with Crippen molar-refractivity contribution in [1.29, 1.82) is 0 Å². The molecule has 2 nitrogen and oxygen atoms in total. The molecule has 1 N–H and O–H groups in total. The average molecular weight is 201 g/mol. The monoisotopic (exact) mass is 201 g/mol. The minimum Gasteiger partial charge on any atom is -0.494 e. The predicted molar refractivity (Wildman–Crippen MR) is 50.4 cm³/mol. The fraction of sp³-hybridized carbons (Fsp3) is 0.400. The molecule has 1 atom stereocenters. The van der Waals surface area contributed by atoms with Gasteiger partial charge in [-0.3, -0.25) is 0 Å². The largest absolute Gasteiger partial charge is 0.494 e. The van der Waals surface area contributed by atoms with Gasteiger partial charge in [-0.05, 0) is 26.1 Å². The number of rotatable bonds is 3. The van der Waals surface area contributed by atoms with Crippen LogP contribution in [0.15, 0.2) is 12.1 Å². The molecule has 0 amide bonds. The van der Waals surface area contributed by atoms with E-state index in [0.717, 1.165) is 0 Å². The molecule has 0 heterocycles. The zero-order valence-corrected chi connectivity index (χ0v) is 8.40. The summed E-state index contributed by atoms with van der Waals surface area (Å²) in [5.41, 5.74) is 0.00634. The Balaban J connectivity index is 3.25. The van der Waals surface area contributed by atoms with Crippen LogP contribution in [0.4, 0.5) is 8.78 Å². The molecule has 0 aliphatic rings. The third kappa shape index (κ3) is 1.85. The van der Waals surface area contributed by atoms with Crippen molar-refractivity contribution < 1.29 is 13.5 Å². The second-order valence-electron chi connectivity index (χ2n) is 2.99. The summed E-state index contributed by atoms with van der Waals surface area (Å²) in [7, 11) is 2.99. The molecule has 78 valence electrons. The Labute approximate surface area is 81.9 Å². The maximum Gasteiger partial charge on any atom is 0.172 e. The van der Waals surface area contributed by atoms with Gasteiger partial charge in [0.25, 0.3) is 0 Å². The molecule has 0 saturated heterocycles. The van der Waals surface area contributed by atoms with Gasteiger partial charge in [-0.2, -0.15) is 0 Å². The second-order valence-corrected chi connectivity index (χ2v) is 2.99. The minimum atomic E-state index is -0.644. The number of methoxy groups -OCH3 is 1. The molecule has 1 aromatic carbocycles. The summed E-state index contributed by atoms with van der Waals surface area (Å²) < 4.78 is 31.6. The van der Waals surface area contributed by atoms with Gasteiger partial charge < -0.3 is 10.1 Å². The summed E-state index contributed by atoms with van der Waals surface area (Å²) in [6.07, 6.45) is 0. The third-order valence-corrected chi connectivity index (χ3v) is 2.18. The lowest BCUT2D eigenvalue weighted by Crippen LogP contribution is -2.16. The molecule has 0 unspecified atom stereocenters. The normalized spacial score (nSPS) is 12.6. The Kier molecular flexibility index (Phi) is 3.41. The topological polar surface area (TPSA) is 21.3 Å². The Morgan fingerprint density at radius 2 is 2.00 bits per heavy atom. The highest BCUT2D eigenvalue weighted by atomic mass is 19.1. The van der Waals surface area contributed by atoms with Crippen molar-refractivity contribution in [2.24, 2.45) is 0 Å². The highest BCUT2D eigenvalue weighted by molar-refractivity contribution is 5.34. The molecule has 1 aromatic rings. The average Bonchev–Trinajstić information content (AvgIpc) is 2.18. The van der Waals surface area contributed by atoms with Gasteiger partial charge in [-0.25, -0.2) is 8.78 Å².